The molecule has 0 amide bonds. The Labute approximate surface area is 163 Å². The van der Waals surface area contributed by atoms with Gasteiger partial charge in [0.15, 0.2) is 0 Å². The van der Waals surface area contributed by atoms with Crippen LogP contribution in [-0.4, -0.2) is 30.5 Å². The lowest BCUT2D eigenvalue weighted by atomic mass is 10.1. The zero-order valence-corrected chi connectivity index (χ0v) is 16.6. The second kappa shape index (κ2) is 8.15. The number of esters is 2. The molecule has 0 radical (unpaired) electrons. The van der Waals surface area contributed by atoms with E-state index in [4.69, 9.17) is 15.2 Å². The van der Waals surface area contributed by atoms with Crippen molar-refractivity contribution in [1.29, 1.82) is 0 Å². The topological polar surface area (TPSA) is 91.0 Å². The largest absolute Gasteiger partial charge is 0.465 e. The van der Waals surface area contributed by atoms with Gasteiger partial charge >= 0.3 is 11.9 Å². The summed E-state index contributed by atoms with van der Waals surface area (Å²) in [6.07, 6.45) is 0. The third kappa shape index (κ3) is 3.74. The highest BCUT2D eigenvalue weighted by Crippen LogP contribution is 2.39. The first-order valence-corrected chi connectivity index (χ1v) is 10.3. The Morgan fingerprint density at radius 3 is 2.69 bits per heavy atom. The molecule has 2 N–H and O–H groups in total. The number of benzene rings is 1. The smallest absolute Gasteiger partial charge is 0.348 e. The number of para-hydroxylation sites is 1. The molecule has 1 aliphatic rings. The van der Waals surface area contributed by atoms with E-state index in [0.717, 1.165) is 27.2 Å². The molecule has 2 aromatic rings. The van der Waals surface area contributed by atoms with E-state index in [0.29, 0.717) is 16.2 Å². The Balaban J connectivity index is 1.89. The highest BCUT2D eigenvalue weighted by atomic mass is 32.2. The molecule has 26 heavy (non-hydrogen) atoms. The predicted octanol–water partition coefficient (Wildman–Crippen LogP) is 4.07. The van der Waals surface area contributed by atoms with Crippen LogP contribution in [0, 0.1) is 0 Å². The predicted molar refractivity (Wildman–Crippen MR) is 108 cm³/mol. The molecule has 0 spiro atoms. The quantitative estimate of drug-likeness (QED) is 0.763. The van der Waals surface area contributed by atoms with E-state index in [1.807, 2.05) is 18.2 Å². The van der Waals surface area contributed by atoms with Crippen molar-refractivity contribution in [3.05, 3.63) is 45.8 Å². The standard InChI is InChI=1S/C17H16N2O4S3/c1-22-15(20)12-10(13(16(21)23-2)26-14(12)18)8-25-17-19-11-6-4-3-5-9(11)7-24-17/h3-6H,7-8,18H2,1-2H3. The molecule has 9 heteroatoms. The maximum atomic E-state index is 12.1. The number of rotatable bonds is 4. The Morgan fingerprint density at radius 2 is 1.96 bits per heavy atom. The van der Waals surface area contributed by atoms with Crippen molar-refractivity contribution in [2.24, 2.45) is 4.99 Å². The molecule has 1 aromatic carbocycles. The fourth-order valence-electron chi connectivity index (χ4n) is 2.43. The van der Waals surface area contributed by atoms with Crippen LogP contribution in [0.1, 0.15) is 31.2 Å². The van der Waals surface area contributed by atoms with Gasteiger partial charge in [0.25, 0.3) is 0 Å². The average Bonchev–Trinajstić information content (AvgIpc) is 3.01. The zero-order chi connectivity index (χ0) is 18.7. The Hall–Kier alpha value is -1.97. The fraction of sp³-hybridized carbons (Fsp3) is 0.235. The number of nitrogens with two attached hydrogens (primary N) is 1. The summed E-state index contributed by atoms with van der Waals surface area (Å²) in [7, 11) is 2.58. The zero-order valence-electron chi connectivity index (χ0n) is 14.1. The number of hydrogen-bond donors (Lipinski definition) is 1. The molecule has 136 valence electrons. The van der Waals surface area contributed by atoms with Gasteiger partial charge < -0.3 is 15.2 Å². The monoisotopic (exact) mass is 408 g/mol. The normalized spacial score (nSPS) is 12.9. The molecule has 0 unspecified atom stereocenters. The number of anilines is 1. The maximum Gasteiger partial charge on any atom is 0.348 e. The van der Waals surface area contributed by atoms with Crippen LogP contribution in [0.25, 0.3) is 0 Å². The number of methoxy groups -OCH3 is 2. The number of carbonyl (C=O) groups excluding carboxylic acids is 2. The number of thioether (sulfide) groups is 2. The van der Waals surface area contributed by atoms with Gasteiger partial charge in [0, 0.05) is 17.1 Å². The third-order valence-corrected chi connectivity index (χ3v) is 7.00. The molecule has 0 bridgehead atoms. The Morgan fingerprint density at radius 1 is 1.23 bits per heavy atom. The summed E-state index contributed by atoms with van der Waals surface area (Å²) < 4.78 is 10.5. The van der Waals surface area contributed by atoms with Crippen LogP contribution in [0.2, 0.25) is 0 Å². The maximum absolute atomic E-state index is 12.1. The molecular formula is C17H16N2O4S3. The van der Waals surface area contributed by atoms with Crippen LogP contribution in [-0.2, 0) is 21.0 Å². The average molecular weight is 409 g/mol. The number of aliphatic imine (C=N–C) groups is 1. The minimum Gasteiger partial charge on any atom is -0.465 e. The van der Waals surface area contributed by atoms with Crippen molar-refractivity contribution in [2.75, 3.05) is 20.0 Å². The van der Waals surface area contributed by atoms with Gasteiger partial charge in [-0.3, -0.25) is 0 Å². The molecule has 0 atom stereocenters. The van der Waals surface area contributed by atoms with Crippen molar-refractivity contribution >= 4 is 61.9 Å². The summed E-state index contributed by atoms with van der Waals surface area (Å²) in [6.45, 7) is 0. The van der Waals surface area contributed by atoms with Gasteiger partial charge in [-0.2, -0.15) is 0 Å². The number of carbonyl (C=O) groups is 2. The van der Waals surface area contributed by atoms with Gasteiger partial charge in [-0.05, 0) is 11.6 Å². The van der Waals surface area contributed by atoms with E-state index >= 15 is 0 Å². The molecule has 0 saturated carbocycles. The van der Waals surface area contributed by atoms with E-state index < -0.39 is 11.9 Å². The van der Waals surface area contributed by atoms with Crippen LogP contribution < -0.4 is 5.73 Å². The molecule has 0 aliphatic carbocycles. The lowest BCUT2D eigenvalue weighted by Crippen LogP contribution is -2.09. The first-order valence-electron chi connectivity index (χ1n) is 7.55. The number of fused-ring (bicyclic) bond motifs is 1. The minimum absolute atomic E-state index is 0.229. The van der Waals surface area contributed by atoms with Crippen molar-refractivity contribution in [1.82, 2.24) is 0 Å². The second-order valence-electron chi connectivity index (χ2n) is 5.22. The molecule has 2 heterocycles. The van der Waals surface area contributed by atoms with Gasteiger partial charge in [0.2, 0.25) is 0 Å². The van der Waals surface area contributed by atoms with Crippen molar-refractivity contribution in [3.63, 3.8) is 0 Å². The van der Waals surface area contributed by atoms with Gasteiger partial charge in [-0.25, -0.2) is 14.6 Å². The summed E-state index contributed by atoms with van der Waals surface area (Å²) in [6, 6.07) is 7.97. The van der Waals surface area contributed by atoms with E-state index in [2.05, 4.69) is 11.1 Å². The molecule has 0 fully saturated rings. The highest BCUT2D eigenvalue weighted by molar-refractivity contribution is 8.38. The van der Waals surface area contributed by atoms with Gasteiger partial charge in [-0.15, -0.1) is 11.3 Å². The molecule has 0 saturated heterocycles. The van der Waals surface area contributed by atoms with Crippen LogP contribution in [0.5, 0.6) is 0 Å². The molecule has 6 nitrogen and oxygen atoms in total. The second-order valence-corrected chi connectivity index (χ2v) is 8.45. The summed E-state index contributed by atoms with van der Waals surface area (Å²) in [5, 5.41) is 0.247. The third-order valence-electron chi connectivity index (χ3n) is 3.69. The number of nitrogen functional groups attached to an aromatic ring is 1. The molecule has 3 rings (SSSR count). The SMILES string of the molecule is COC(=O)c1sc(N)c(C(=O)OC)c1CSC1=Nc2ccccc2CS1. The van der Waals surface area contributed by atoms with Crippen molar-refractivity contribution in [3.8, 4) is 0 Å². The number of hydrogen-bond acceptors (Lipinski definition) is 9. The Kier molecular flexibility index (Phi) is 5.90. The highest BCUT2D eigenvalue weighted by Gasteiger charge is 2.27. The lowest BCUT2D eigenvalue weighted by Gasteiger charge is -2.14. The van der Waals surface area contributed by atoms with Crippen LogP contribution in [0.15, 0.2) is 29.3 Å². The summed E-state index contributed by atoms with van der Waals surface area (Å²) in [5.41, 5.74) is 8.84. The van der Waals surface area contributed by atoms with Gasteiger partial charge in [-0.1, -0.05) is 41.7 Å². The van der Waals surface area contributed by atoms with E-state index in [1.165, 1.54) is 31.5 Å². The van der Waals surface area contributed by atoms with Crippen LogP contribution in [0.4, 0.5) is 10.7 Å². The number of nitrogens with zero attached hydrogens (tertiary/aromatic N) is 1. The minimum atomic E-state index is -0.562. The lowest BCUT2D eigenvalue weighted by molar-refractivity contribution is 0.0601. The summed E-state index contributed by atoms with van der Waals surface area (Å²) in [5.74, 6) is 0.127. The molecular weight excluding hydrogens is 392 g/mol. The van der Waals surface area contributed by atoms with Gasteiger partial charge in [0.1, 0.15) is 14.3 Å². The Bertz CT molecular complexity index is 892. The van der Waals surface area contributed by atoms with Crippen molar-refractivity contribution in [2.45, 2.75) is 11.5 Å². The van der Waals surface area contributed by atoms with Gasteiger partial charge in [0.05, 0.1) is 25.5 Å². The van der Waals surface area contributed by atoms with Crippen LogP contribution in [0.3, 0.4) is 0 Å². The van der Waals surface area contributed by atoms with Crippen molar-refractivity contribution < 1.29 is 19.1 Å². The van der Waals surface area contributed by atoms with Crippen LogP contribution >= 0.6 is 34.9 Å². The summed E-state index contributed by atoms with van der Waals surface area (Å²) >= 11 is 4.12. The molecule has 1 aromatic heterocycles. The van der Waals surface area contributed by atoms with E-state index in [9.17, 15) is 9.59 Å². The summed E-state index contributed by atoms with van der Waals surface area (Å²) in [4.78, 5) is 29.1. The first kappa shape index (κ1) is 18.8. The molecule has 1 aliphatic heterocycles. The number of thiophene rings is 1. The number of ether oxygens (including phenoxy) is 2. The fourth-order valence-corrected chi connectivity index (χ4v) is 5.60. The van der Waals surface area contributed by atoms with E-state index in [1.54, 1.807) is 11.8 Å². The first-order chi connectivity index (χ1) is 12.5. The van der Waals surface area contributed by atoms with E-state index in [-0.39, 0.29) is 10.6 Å².